The molecule has 1 aliphatic rings. The maximum Gasteiger partial charge on any atom is 0.315 e. The zero-order valence-electron chi connectivity index (χ0n) is 23.3. The number of aromatic nitrogens is 1. The van der Waals surface area contributed by atoms with Crippen molar-refractivity contribution in [2.24, 2.45) is 0 Å². The van der Waals surface area contributed by atoms with Crippen LogP contribution in [-0.2, 0) is 30.7 Å². The third kappa shape index (κ3) is 7.03. The van der Waals surface area contributed by atoms with Crippen molar-refractivity contribution in [2.45, 2.75) is 45.3 Å². The number of nitrogens with one attached hydrogen (secondary N) is 4. The van der Waals surface area contributed by atoms with Crippen molar-refractivity contribution in [3.63, 3.8) is 0 Å². The molecule has 0 bridgehead atoms. The molecule has 1 aliphatic carbocycles. The van der Waals surface area contributed by atoms with Gasteiger partial charge in [0.1, 0.15) is 0 Å². The molecule has 1 unspecified atom stereocenters. The fourth-order valence-electron chi connectivity index (χ4n) is 5.66. The number of carbonyl (C=O) groups excluding carboxylic acids is 2. The molecule has 1 aromatic heterocycles. The van der Waals surface area contributed by atoms with Crippen LogP contribution in [0, 0.1) is 0 Å². The first-order valence-electron chi connectivity index (χ1n) is 14.2. The van der Waals surface area contributed by atoms with Gasteiger partial charge in [-0.05, 0) is 71.7 Å². The number of hydrogen-bond acceptors (Lipinski definition) is 4. The summed E-state index contributed by atoms with van der Waals surface area (Å²) in [6.45, 7) is 4.71. The van der Waals surface area contributed by atoms with Crippen LogP contribution in [0.4, 0.5) is 4.79 Å². The van der Waals surface area contributed by atoms with Crippen molar-refractivity contribution in [1.29, 1.82) is 0 Å². The van der Waals surface area contributed by atoms with Crippen molar-refractivity contribution in [1.82, 2.24) is 26.0 Å². The highest BCUT2D eigenvalue weighted by Gasteiger charge is 2.28. The number of aromatic amines is 1. The highest BCUT2D eigenvalue weighted by atomic mass is 16.5. The van der Waals surface area contributed by atoms with Crippen LogP contribution in [0.3, 0.4) is 0 Å². The molecule has 5 N–H and O–H groups in total. The first kappa shape index (κ1) is 28.1. The summed E-state index contributed by atoms with van der Waals surface area (Å²) in [7, 11) is 0. The smallest absolute Gasteiger partial charge is 0.315 e. The summed E-state index contributed by atoms with van der Waals surface area (Å²) in [5.41, 5.74) is 9.97. The van der Waals surface area contributed by atoms with E-state index in [-0.39, 0.29) is 12.1 Å². The van der Waals surface area contributed by atoms with E-state index in [1.165, 1.54) is 33.7 Å². The molecule has 4 aromatic rings. The van der Waals surface area contributed by atoms with Crippen LogP contribution in [0.15, 0.2) is 79.0 Å². The molecule has 1 atom stereocenters. The number of H-pyrrole nitrogens is 1. The van der Waals surface area contributed by atoms with Crippen LogP contribution in [0.25, 0.3) is 17.0 Å². The summed E-state index contributed by atoms with van der Waals surface area (Å²) in [6.07, 6.45) is 8.11. The number of aryl methyl sites for hydroxylation is 1. The predicted octanol–water partition coefficient (Wildman–Crippen LogP) is 5.24. The van der Waals surface area contributed by atoms with Crippen LogP contribution in [0.2, 0.25) is 0 Å². The first-order valence-corrected chi connectivity index (χ1v) is 14.2. The minimum Gasteiger partial charge on any atom is -0.361 e. The Hall–Kier alpha value is -4.40. The third-order valence-corrected chi connectivity index (χ3v) is 7.73. The summed E-state index contributed by atoms with van der Waals surface area (Å²) in [6, 6.07) is 23.4. The van der Waals surface area contributed by atoms with Crippen molar-refractivity contribution < 1.29 is 14.8 Å². The lowest BCUT2D eigenvalue weighted by molar-refractivity contribution is -0.124. The number of amides is 3. The molecular formula is C33H37N5O3. The first-order chi connectivity index (χ1) is 20.0. The van der Waals surface area contributed by atoms with E-state index in [4.69, 9.17) is 5.21 Å². The Balaban J connectivity index is 1.34. The van der Waals surface area contributed by atoms with E-state index in [0.29, 0.717) is 13.1 Å². The molecule has 212 valence electrons. The minimum atomic E-state index is -0.544. The van der Waals surface area contributed by atoms with E-state index >= 15 is 0 Å². The summed E-state index contributed by atoms with van der Waals surface area (Å²) in [4.78, 5) is 29.2. The third-order valence-electron chi connectivity index (χ3n) is 7.73. The van der Waals surface area contributed by atoms with Crippen molar-refractivity contribution in [3.05, 3.63) is 112 Å². The second kappa shape index (κ2) is 13.3. The molecule has 3 aromatic carbocycles. The Morgan fingerprint density at radius 2 is 1.85 bits per heavy atom. The molecule has 0 radical (unpaired) electrons. The van der Waals surface area contributed by atoms with Gasteiger partial charge in [0.05, 0.1) is 0 Å². The largest absolute Gasteiger partial charge is 0.361 e. The van der Waals surface area contributed by atoms with E-state index in [9.17, 15) is 9.59 Å². The van der Waals surface area contributed by atoms with Crippen molar-refractivity contribution in [3.8, 4) is 0 Å². The normalized spacial score (nSPS) is 14.5. The van der Waals surface area contributed by atoms with Crippen LogP contribution < -0.4 is 16.1 Å². The molecule has 8 heteroatoms. The summed E-state index contributed by atoms with van der Waals surface area (Å²) in [5.74, 6) is -0.544. The Labute approximate surface area is 240 Å². The maximum atomic E-state index is 11.8. The summed E-state index contributed by atoms with van der Waals surface area (Å²) >= 11 is 0. The minimum absolute atomic E-state index is 0.157. The number of urea groups is 1. The highest BCUT2D eigenvalue weighted by Crippen LogP contribution is 2.37. The van der Waals surface area contributed by atoms with E-state index in [1.54, 1.807) is 11.6 Å². The van der Waals surface area contributed by atoms with Crippen LogP contribution in [-0.4, -0.2) is 40.1 Å². The summed E-state index contributed by atoms with van der Waals surface area (Å²) in [5, 5.41) is 15.7. The van der Waals surface area contributed by atoms with Gasteiger partial charge in [0, 0.05) is 55.4 Å². The second-order valence-electron chi connectivity index (χ2n) is 10.4. The number of hydrogen-bond donors (Lipinski definition) is 5. The van der Waals surface area contributed by atoms with Crippen LogP contribution in [0.5, 0.6) is 0 Å². The zero-order valence-corrected chi connectivity index (χ0v) is 23.3. The molecule has 1 heterocycles. The van der Waals surface area contributed by atoms with E-state index in [1.807, 2.05) is 13.0 Å². The van der Waals surface area contributed by atoms with Crippen molar-refractivity contribution >= 4 is 28.9 Å². The van der Waals surface area contributed by atoms with Gasteiger partial charge >= 0.3 is 6.03 Å². The van der Waals surface area contributed by atoms with Gasteiger partial charge < -0.3 is 15.6 Å². The van der Waals surface area contributed by atoms with Crippen LogP contribution in [0.1, 0.15) is 52.8 Å². The number of para-hydroxylation sites is 1. The average Bonchev–Trinajstić information content (AvgIpc) is 3.61. The van der Waals surface area contributed by atoms with Gasteiger partial charge in [-0.2, -0.15) is 0 Å². The van der Waals surface area contributed by atoms with Gasteiger partial charge in [0.25, 0.3) is 5.91 Å². The molecule has 3 amide bonds. The quantitative estimate of drug-likeness (QED) is 0.0998. The highest BCUT2D eigenvalue weighted by molar-refractivity contribution is 5.90. The van der Waals surface area contributed by atoms with Gasteiger partial charge in [-0.25, -0.2) is 10.3 Å². The number of fused-ring (bicyclic) bond motifs is 2. The predicted molar refractivity (Wildman–Crippen MR) is 161 cm³/mol. The fourth-order valence-corrected chi connectivity index (χ4v) is 5.66. The SMILES string of the molecule is CCNC(=O)NCc1ccc(CN(CCc2c[nH]c3ccccc23)C2CCc3cc(C=CC(=O)NO)ccc32)cc1. The monoisotopic (exact) mass is 551 g/mol. The van der Waals surface area contributed by atoms with Crippen molar-refractivity contribution in [2.75, 3.05) is 13.1 Å². The van der Waals surface area contributed by atoms with Gasteiger partial charge in [0.15, 0.2) is 0 Å². The lowest BCUT2D eigenvalue weighted by atomic mass is 10.0. The second-order valence-corrected chi connectivity index (χ2v) is 10.4. The molecule has 0 fully saturated rings. The van der Waals surface area contributed by atoms with Gasteiger partial charge in [-0.3, -0.25) is 14.9 Å². The molecule has 5 rings (SSSR count). The topological polar surface area (TPSA) is 109 Å². The van der Waals surface area contributed by atoms with E-state index in [2.05, 4.69) is 87.4 Å². The molecule has 41 heavy (non-hydrogen) atoms. The molecule has 0 spiro atoms. The van der Waals surface area contributed by atoms with E-state index in [0.717, 1.165) is 49.0 Å². The van der Waals surface area contributed by atoms with Gasteiger partial charge in [-0.15, -0.1) is 0 Å². The molecular weight excluding hydrogens is 514 g/mol. The molecule has 0 saturated carbocycles. The standard InChI is InChI=1S/C33H37N5O3/c1-2-34-33(40)36-20-24-7-9-25(10-8-24)22-38(18-17-27-21-35-30-6-4-3-5-28(27)30)31-15-13-26-19-23(11-14-29(26)31)12-16-32(39)37-41/h3-12,14,16,19,21,31,35,41H,2,13,15,17-18,20,22H2,1H3,(H,37,39)(H2,34,36,40). The van der Waals surface area contributed by atoms with Crippen LogP contribution >= 0.6 is 0 Å². The van der Waals surface area contributed by atoms with Gasteiger partial charge in [0.2, 0.25) is 0 Å². The Bertz CT molecular complexity index is 1530. The molecule has 0 saturated heterocycles. The number of carbonyl (C=O) groups is 2. The fraction of sp³-hybridized carbons (Fsp3) is 0.273. The Morgan fingerprint density at radius 1 is 1.05 bits per heavy atom. The Kier molecular flexibility index (Phi) is 9.13. The summed E-state index contributed by atoms with van der Waals surface area (Å²) < 4.78 is 0. The number of benzene rings is 3. The zero-order chi connectivity index (χ0) is 28.6. The lowest BCUT2D eigenvalue weighted by Gasteiger charge is -2.30. The molecule has 8 nitrogen and oxygen atoms in total. The average molecular weight is 552 g/mol. The lowest BCUT2D eigenvalue weighted by Crippen LogP contribution is -2.34. The molecule has 0 aliphatic heterocycles. The van der Waals surface area contributed by atoms with Gasteiger partial charge in [-0.1, -0.05) is 60.7 Å². The number of nitrogens with zero attached hydrogens (tertiary/aromatic N) is 1. The maximum absolute atomic E-state index is 11.8. The number of hydroxylamine groups is 1. The Morgan fingerprint density at radius 3 is 2.66 bits per heavy atom. The number of rotatable bonds is 11. The van der Waals surface area contributed by atoms with E-state index < -0.39 is 5.91 Å².